The summed E-state index contributed by atoms with van der Waals surface area (Å²) in [4.78, 5) is 0. The van der Waals surface area contributed by atoms with Crippen molar-refractivity contribution >= 4 is 11.4 Å². The van der Waals surface area contributed by atoms with Gasteiger partial charge in [0, 0.05) is 17.4 Å². The van der Waals surface area contributed by atoms with E-state index < -0.39 is 0 Å². The minimum absolute atomic E-state index is 0.130. The van der Waals surface area contributed by atoms with E-state index in [9.17, 15) is 0 Å². The molecule has 0 heterocycles. The third kappa shape index (κ3) is 0.940. The maximum Gasteiger partial charge on any atom is 0.0370 e. The molecule has 3 nitrogen and oxygen atoms in total. The summed E-state index contributed by atoms with van der Waals surface area (Å²) in [5.74, 6) is 0. The SMILES string of the molecule is Nc1cc(N)c2c(c1)C(N)CC2. The lowest BCUT2D eigenvalue weighted by Crippen LogP contribution is -2.06. The molecule has 1 unspecified atom stereocenters. The highest BCUT2D eigenvalue weighted by Gasteiger charge is 2.21. The normalized spacial score (nSPS) is 20.9. The number of nitrogen functional groups attached to an aromatic ring is 2. The number of rotatable bonds is 0. The van der Waals surface area contributed by atoms with Gasteiger partial charge in [0.1, 0.15) is 0 Å². The summed E-state index contributed by atoms with van der Waals surface area (Å²) >= 11 is 0. The minimum Gasteiger partial charge on any atom is -0.399 e. The van der Waals surface area contributed by atoms with Crippen LogP contribution in [0.5, 0.6) is 0 Å². The summed E-state index contributed by atoms with van der Waals surface area (Å²) in [5, 5.41) is 0. The second-order valence-electron chi connectivity index (χ2n) is 3.32. The van der Waals surface area contributed by atoms with Crippen LogP contribution in [-0.2, 0) is 6.42 Å². The maximum absolute atomic E-state index is 5.87. The number of anilines is 2. The van der Waals surface area contributed by atoms with Gasteiger partial charge in [0.15, 0.2) is 0 Å². The average molecular weight is 163 g/mol. The lowest BCUT2D eigenvalue weighted by atomic mass is 10.1. The first-order valence-electron chi connectivity index (χ1n) is 4.12. The van der Waals surface area contributed by atoms with Crippen LogP contribution in [0, 0.1) is 0 Å². The molecule has 0 bridgehead atoms. The van der Waals surface area contributed by atoms with E-state index in [1.54, 1.807) is 6.07 Å². The second-order valence-corrected chi connectivity index (χ2v) is 3.32. The zero-order valence-electron chi connectivity index (χ0n) is 6.88. The summed E-state index contributed by atoms with van der Waals surface area (Å²) in [6.07, 6.45) is 1.98. The van der Waals surface area contributed by atoms with Gasteiger partial charge >= 0.3 is 0 Å². The summed E-state index contributed by atoms with van der Waals surface area (Å²) < 4.78 is 0. The summed E-state index contributed by atoms with van der Waals surface area (Å²) in [6, 6.07) is 3.87. The summed E-state index contributed by atoms with van der Waals surface area (Å²) in [6.45, 7) is 0. The molecule has 2 rings (SSSR count). The molecule has 64 valence electrons. The molecule has 0 saturated heterocycles. The van der Waals surface area contributed by atoms with Crippen LogP contribution in [0.25, 0.3) is 0 Å². The van der Waals surface area contributed by atoms with Gasteiger partial charge in [-0.3, -0.25) is 0 Å². The molecule has 1 aromatic rings. The van der Waals surface area contributed by atoms with Crippen LogP contribution < -0.4 is 17.2 Å². The van der Waals surface area contributed by atoms with E-state index in [0.29, 0.717) is 5.69 Å². The van der Waals surface area contributed by atoms with Crippen molar-refractivity contribution in [2.75, 3.05) is 11.5 Å². The Labute approximate surface area is 71.5 Å². The van der Waals surface area contributed by atoms with Crippen molar-refractivity contribution in [2.45, 2.75) is 18.9 Å². The highest BCUT2D eigenvalue weighted by molar-refractivity contribution is 5.62. The highest BCUT2D eigenvalue weighted by Crippen LogP contribution is 2.34. The van der Waals surface area contributed by atoms with Gasteiger partial charge in [-0.1, -0.05) is 0 Å². The van der Waals surface area contributed by atoms with E-state index in [0.717, 1.165) is 24.1 Å². The zero-order chi connectivity index (χ0) is 8.72. The van der Waals surface area contributed by atoms with Crippen LogP contribution in [0.1, 0.15) is 23.6 Å². The molecule has 0 amide bonds. The van der Waals surface area contributed by atoms with Crippen LogP contribution in [0.4, 0.5) is 11.4 Å². The fraction of sp³-hybridized carbons (Fsp3) is 0.333. The molecule has 0 fully saturated rings. The van der Waals surface area contributed by atoms with Gasteiger partial charge in [-0.15, -0.1) is 0 Å². The lowest BCUT2D eigenvalue weighted by Gasteiger charge is -2.07. The third-order valence-electron chi connectivity index (χ3n) is 2.45. The topological polar surface area (TPSA) is 78.1 Å². The van der Waals surface area contributed by atoms with Crippen molar-refractivity contribution in [1.29, 1.82) is 0 Å². The number of nitrogens with two attached hydrogens (primary N) is 3. The minimum atomic E-state index is 0.130. The lowest BCUT2D eigenvalue weighted by molar-refractivity contribution is 0.713. The van der Waals surface area contributed by atoms with E-state index in [-0.39, 0.29) is 6.04 Å². The van der Waals surface area contributed by atoms with Crippen molar-refractivity contribution in [3.05, 3.63) is 23.3 Å². The van der Waals surface area contributed by atoms with Crippen molar-refractivity contribution in [2.24, 2.45) is 5.73 Å². The predicted molar refractivity (Wildman–Crippen MR) is 50.5 cm³/mol. The van der Waals surface area contributed by atoms with Crippen LogP contribution in [0.2, 0.25) is 0 Å². The summed E-state index contributed by atoms with van der Waals surface area (Å²) in [5.41, 5.74) is 21.2. The quantitative estimate of drug-likeness (QED) is 0.495. The predicted octanol–water partition coefficient (Wildman–Crippen LogP) is 0.797. The van der Waals surface area contributed by atoms with Gasteiger partial charge in [-0.05, 0) is 36.1 Å². The molecule has 12 heavy (non-hydrogen) atoms. The standard InChI is InChI=1S/C9H13N3/c10-5-3-7-6(9(12)4-5)1-2-8(7)11/h3-4,8H,1-2,10-12H2. The van der Waals surface area contributed by atoms with Crippen LogP contribution in [0.15, 0.2) is 12.1 Å². The smallest absolute Gasteiger partial charge is 0.0370 e. The molecule has 0 aromatic heterocycles. The number of fused-ring (bicyclic) bond motifs is 1. The Kier molecular flexibility index (Phi) is 1.48. The van der Waals surface area contributed by atoms with E-state index in [1.807, 2.05) is 6.07 Å². The molecule has 1 atom stereocenters. The average Bonchev–Trinajstić information content (AvgIpc) is 2.33. The molecule has 1 aromatic carbocycles. The first-order valence-corrected chi connectivity index (χ1v) is 4.12. The van der Waals surface area contributed by atoms with Gasteiger partial charge in [-0.25, -0.2) is 0 Å². The van der Waals surface area contributed by atoms with Crippen LogP contribution in [-0.4, -0.2) is 0 Å². The van der Waals surface area contributed by atoms with Crippen molar-refractivity contribution in [1.82, 2.24) is 0 Å². The highest BCUT2D eigenvalue weighted by atomic mass is 14.7. The summed E-state index contributed by atoms with van der Waals surface area (Å²) in [7, 11) is 0. The molecule has 6 N–H and O–H groups in total. The van der Waals surface area contributed by atoms with Crippen molar-refractivity contribution in [3.63, 3.8) is 0 Å². The molecular formula is C9H13N3. The van der Waals surface area contributed by atoms with E-state index in [4.69, 9.17) is 17.2 Å². The van der Waals surface area contributed by atoms with Gasteiger partial charge in [0.2, 0.25) is 0 Å². The van der Waals surface area contributed by atoms with Gasteiger partial charge < -0.3 is 17.2 Å². The Balaban J connectivity index is 2.60. The Morgan fingerprint density at radius 1 is 1.25 bits per heavy atom. The van der Waals surface area contributed by atoms with Crippen molar-refractivity contribution in [3.8, 4) is 0 Å². The third-order valence-corrected chi connectivity index (χ3v) is 2.45. The zero-order valence-corrected chi connectivity index (χ0v) is 6.88. The van der Waals surface area contributed by atoms with E-state index >= 15 is 0 Å². The van der Waals surface area contributed by atoms with Gasteiger partial charge in [0.25, 0.3) is 0 Å². The number of hydrogen-bond acceptors (Lipinski definition) is 3. The van der Waals surface area contributed by atoms with E-state index in [1.165, 1.54) is 5.56 Å². The maximum atomic E-state index is 5.87. The second kappa shape index (κ2) is 2.38. The van der Waals surface area contributed by atoms with Crippen LogP contribution in [0.3, 0.4) is 0 Å². The number of hydrogen-bond donors (Lipinski definition) is 3. The molecule has 0 aliphatic heterocycles. The van der Waals surface area contributed by atoms with Crippen molar-refractivity contribution < 1.29 is 0 Å². The monoisotopic (exact) mass is 163 g/mol. The Morgan fingerprint density at radius 2 is 2.00 bits per heavy atom. The van der Waals surface area contributed by atoms with Crippen LogP contribution >= 0.6 is 0 Å². The van der Waals surface area contributed by atoms with E-state index in [2.05, 4.69) is 0 Å². The Morgan fingerprint density at radius 3 is 2.75 bits per heavy atom. The molecule has 1 aliphatic carbocycles. The fourth-order valence-electron chi connectivity index (χ4n) is 1.82. The largest absolute Gasteiger partial charge is 0.399 e. The van der Waals surface area contributed by atoms with Gasteiger partial charge in [-0.2, -0.15) is 0 Å². The molecule has 3 heteroatoms. The molecule has 0 radical (unpaired) electrons. The first kappa shape index (κ1) is 7.43. The fourth-order valence-corrected chi connectivity index (χ4v) is 1.82. The van der Waals surface area contributed by atoms with Gasteiger partial charge in [0.05, 0.1) is 0 Å². The molecule has 0 spiro atoms. The number of benzene rings is 1. The molecule has 0 saturated carbocycles. The Hall–Kier alpha value is -1.22. The molecular weight excluding hydrogens is 150 g/mol. The first-order chi connectivity index (χ1) is 5.68. The Bertz CT molecular complexity index is 320. The molecule has 1 aliphatic rings.